The molecule has 0 bridgehead atoms. The largest absolute Gasteiger partial charge is 0.341 e. The molecule has 0 radical (unpaired) electrons. The molecule has 1 saturated heterocycles. The molecule has 0 amide bonds. The second-order valence-electron chi connectivity index (χ2n) is 8.47. The monoisotopic (exact) mass is 394 g/mol. The predicted molar refractivity (Wildman–Crippen MR) is 117 cm³/mol. The SMILES string of the molecule is CNC[C@@H]1OC2(OC1NC)C(Cc1ccccc1)CCC[C@@H]2Cc1ccccc1. The summed E-state index contributed by atoms with van der Waals surface area (Å²) < 4.78 is 13.7. The van der Waals surface area contributed by atoms with Gasteiger partial charge in [-0.1, -0.05) is 67.1 Å². The van der Waals surface area contributed by atoms with E-state index in [1.54, 1.807) is 0 Å². The molecule has 1 heterocycles. The van der Waals surface area contributed by atoms with Crippen LogP contribution in [0, 0.1) is 11.8 Å². The van der Waals surface area contributed by atoms with Crippen LogP contribution in [0.3, 0.4) is 0 Å². The Morgan fingerprint density at radius 3 is 1.86 bits per heavy atom. The van der Waals surface area contributed by atoms with Crippen molar-refractivity contribution in [2.24, 2.45) is 11.8 Å². The Labute approximate surface area is 175 Å². The van der Waals surface area contributed by atoms with Gasteiger partial charge in [0.2, 0.25) is 0 Å². The van der Waals surface area contributed by atoms with Crippen LogP contribution in [-0.2, 0) is 22.3 Å². The molecule has 29 heavy (non-hydrogen) atoms. The molecular weight excluding hydrogens is 360 g/mol. The molecule has 4 rings (SSSR count). The molecule has 4 heteroatoms. The first-order chi connectivity index (χ1) is 14.2. The summed E-state index contributed by atoms with van der Waals surface area (Å²) in [7, 11) is 3.95. The van der Waals surface area contributed by atoms with Crippen molar-refractivity contribution in [3.63, 3.8) is 0 Å². The molecule has 3 unspecified atom stereocenters. The number of nitrogens with one attached hydrogen (secondary N) is 2. The van der Waals surface area contributed by atoms with Gasteiger partial charge in [-0.3, -0.25) is 5.32 Å². The third-order valence-electron chi connectivity index (χ3n) is 6.57. The van der Waals surface area contributed by atoms with E-state index in [2.05, 4.69) is 71.3 Å². The van der Waals surface area contributed by atoms with Gasteiger partial charge in [-0.25, -0.2) is 0 Å². The lowest BCUT2D eigenvalue weighted by Crippen LogP contribution is -2.51. The Hall–Kier alpha value is -1.72. The van der Waals surface area contributed by atoms with Crippen molar-refractivity contribution in [3.05, 3.63) is 71.8 Å². The standard InChI is InChI=1S/C25H34N2O2/c1-26-18-23-24(27-2)29-25(28-23)21(16-19-10-5-3-6-11-19)14-9-15-22(25)17-20-12-7-4-8-13-20/h3-8,10-13,21-24,26-27H,9,14-18H2,1-2H3/t21-,22?,23+,24?,25?/m1/s1. The quantitative estimate of drug-likeness (QED) is 0.750. The maximum Gasteiger partial charge on any atom is 0.177 e. The lowest BCUT2D eigenvalue weighted by Gasteiger charge is -2.46. The zero-order chi connectivity index (χ0) is 20.1. The van der Waals surface area contributed by atoms with Gasteiger partial charge in [0.05, 0.1) is 0 Å². The summed E-state index contributed by atoms with van der Waals surface area (Å²) in [5, 5.41) is 6.63. The van der Waals surface area contributed by atoms with Crippen LogP contribution in [0.25, 0.3) is 0 Å². The number of likely N-dealkylation sites (N-methyl/N-ethyl adjacent to an activating group) is 2. The van der Waals surface area contributed by atoms with Crippen molar-refractivity contribution < 1.29 is 9.47 Å². The molecule has 5 atom stereocenters. The summed E-state index contributed by atoms with van der Waals surface area (Å²) in [6.45, 7) is 0.781. The van der Waals surface area contributed by atoms with E-state index in [1.807, 2.05) is 14.1 Å². The average molecular weight is 395 g/mol. The Morgan fingerprint density at radius 2 is 1.38 bits per heavy atom. The third-order valence-corrected chi connectivity index (χ3v) is 6.57. The van der Waals surface area contributed by atoms with Crippen molar-refractivity contribution in [1.29, 1.82) is 0 Å². The number of rotatable bonds is 7. The molecule has 1 aliphatic heterocycles. The Kier molecular flexibility index (Phi) is 6.66. The highest BCUT2D eigenvalue weighted by Gasteiger charge is 2.57. The number of hydrogen-bond donors (Lipinski definition) is 2. The van der Waals surface area contributed by atoms with E-state index < -0.39 is 5.79 Å². The maximum absolute atomic E-state index is 6.86. The molecule has 2 aromatic carbocycles. The highest BCUT2D eigenvalue weighted by molar-refractivity contribution is 5.19. The van der Waals surface area contributed by atoms with E-state index in [0.29, 0.717) is 11.8 Å². The van der Waals surface area contributed by atoms with Gasteiger partial charge >= 0.3 is 0 Å². The van der Waals surface area contributed by atoms with Gasteiger partial charge in [0, 0.05) is 18.4 Å². The fraction of sp³-hybridized carbons (Fsp3) is 0.520. The minimum Gasteiger partial charge on any atom is -0.341 e. The lowest BCUT2D eigenvalue weighted by atomic mass is 9.71. The zero-order valence-corrected chi connectivity index (χ0v) is 17.6. The Morgan fingerprint density at radius 1 is 0.828 bits per heavy atom. The fourth-order valence-corrected chi connectivity index (χ4v) is 5.21. The van der Waals surface area contributed by atoms with Crippen LogP contribution in [0.5, 0.6) is 0 Å². The highest BCUT2D eigenvalue weighted by Crippen LogP contribution is 2.49. The first-order valence-electron chi connectivity index (χ1n) is 11.0. The van der Waals surface area contributed by atoms with Crippen LogP contribution in [0.15, 0.2) is 60.7 Å². The van der Waals surface area contributed by atoms with Crippen LogP contribution in [0.2, 0.25) is 0 Å². The van der Waals surface area contributed by atoms with Crippen LogP contribution < -0.4 is 10.6 Å². The minimum absolute atomic E-state index is 0.0136. The summed E-state index contributed by atoms with van der Waals surface area (Å²) in [5.41, 5.74) is 2.73. The molecule has 2 aliphatic rings. The molecule has 0 aromatic heterocycles. The maximum atomic E-state index is 6.86. The van der Waals surface area contributed by atoms with Crippen molar-refractivity contribution in [1.82, 2.24) is 10.6 Å². The van der Waals surface area contributed by atoms with Crippen LogP contribution >= 0.6 is 0 Å². The molecule has 2 N–H and O–H groups in total. The summed E-state index contributed by atoms with van der Waals surface area (Å²) in [5.74, 6) is 0.161. The molecule has 2 fully saturated rings. The first kappa shape index (κ1) is 20.5. The summed E-state index contributed by atoms with van der Waals surface area (Å²) >= 11 is 0. The third kappa shape index (κ3) is 4.41. The Bertz CT molecular complexity index is 702. The average Bonchev–Trinajstić information content (AvgIpc) is 3.12. The van der Waals surface area contributed by atoms with E-state index in [4.69, 9.17) is 9.47 Å². The van der Waals surface area contributed by atoms with Gasteiger partial charge in [0.1, 0.15) is 12.3 Å². The normalized spacial score (nSPS) is 31.9. The molecule has 1 saturated carbocycles. The first-order valence-corrected chi connectivity index (χ1v) is 11.0. The van der Waals surface area contributed by atoms with E-state index in [9.17, 15) is 0 Å². The lowest BCUT2D eigenvalue weighted by molar-refractivity contribution is -0.260. The smallest absolute Gasteiger partial charge is 0.177 e. The van der Waals surface area contributed by atoms with Gasteiger partial charge in [-0.15, -0.1) is 0 Å². The number of benzene rings is 2. The van der Waals surface area contributed by atoms with E-state index in [-0.39, 0.29) is 12.3 Å². The minimum atomic E-state index is -0.543. The molecule has 2 aromatic rings. The van der Waals surface area contributed by atoms with Gasteiger partial charge in [0.25, 0.3) is 0 Å². The molecular formula is C25H34N2O2. The van der Waals surface area contributed by atoms with Gasteiger partial charge in [0.15, 0.2) is 5.79 Å². The van der Waals surface area contributed by atoms with Crippen LogP contribution in [-0.4, -0.2) is 38.8 Å². The van der Waals surface area contributed by atoms with E-state index in [1.165, 1.54) is 17.5 Å². The van der Waals surface area contributed by atoms with Crippen LogP contribution in [0.4, 0.5) is 0 Å². The van der Waals surface area contributed by atoms with Crippen molar-refractivity contribution in [2.75, 3.05) is 20.6 Å². The van der Waals surface area contributed by atoms with Crippen molar-refractivity contribution in [2.45, 2.75) is 50.2 Å². The fourth-order valence-electron chi connectivity index (χ4n) is 5.21. The zero-order valence-electron chi connectivity index (χ0n) is 17.6. The molecule has 4 nitrogen and oxygen atoms in total. The second kappa shape index (κ2) is 9.40. The Balaban J connectivity index is 1.65. The van der Waals surface area contributed by atoms with Crippen LogP contribution in [0.1, 0.15) is 30.4 Å². The summed E-state index contributed by atoms with van der Waals surface area (Å²) in [6, 6.07) is 21.6. The second-order valence-corrected chi connectivity index (χ2v) is 8.47. The summed E-state index contributed by atoms with van der Waals surface area (Å²) in [4.78, 5) is 0. The van der Waals surface area contributed by atoms with Gasteiger partial charge in [-0.05, 0) is 50.9 Å². The topological polar surface area (TPSA) is 42.5 Å². The molecule has 1 aliphatic carbocycles. The summed E-state index contributed by atoms with van der Waals surface area (Å²) in [6.07, 6.45) is 5.43. The predicted octanol–water partition coefficient (Wildman–Crippen LogP) is 3.76. The molecule has 156 valence electrons. The highest BCUT2D eigenvalue weighted by atomic mass is 16.8. The molecule has 1 spiro atoms. The van der Waals surface area contributed by atoms with Crippen molar-refractivity contribution >= 4 is 0 Å². The van der Waals surface area contributed by atoms with E-state index in [0.717, 1.165) is 32.2 Å². The number of hydrogen-bond acceptors (Lipinski definition) is 4. The number of ether oxygens (including phenoxy) is 2. The van der Waals surface area contributed by atoms with E-state index >= 15 is 0 Å². The van der Waals surface area contributed by atoms with Gasteiger partial charge in [-0.2, -0.15) is 0 Å². The van der Waals surface area contributed by atoms with Gasteiger partial charge < -0.3 is 14.8 Å². The van der Waals surface area contributed by atoms with Crippen molar-refractivity contribution in [3.8, 4) is 0 Å².